The summed E-state index contributed by atoms with van der Waals surface area (Å²) in [6.45, 7) is 0. The van der Waals surface area contributed by atoms with Crippen LogP contribution in [0.25, 0.3) is 0 Å². The Balaban J connectivity index is -0.0000000641. The second-order valence-electron chi connectivity index (χ2n) is 2.60. The average molecular weight is 398 g/mol. The van der Waals surface area contributed by atoms with Crippen molar-refractivity contribution in [1.82, 2.24) is 0 Å². The Bertz CT molecular complexity index is 276. The van der Waals surface area contributed by atoms with Crippen LogP contribution in [0.15, 0.2) is 24.3 Å². The third-order valence-electron chi connectivity index (χ3n) is 0.678. The largest absolute Gasteiger partial charge is 1.00 e. The van der Waals surface area contributed by atoms with Gasteiger partial charge in [-0.2, -0.15) is 30.3 Å². The molecule has 0 aliphatic rings. The van der Waals surface area contributed by atoms with Crippen molar-refractivity contribution in [3.8, 4) is 0 Å². The normalized spacial score (nSPS) is 7.04. The van der Waals surface area contributed by atoms with Gasteiger partial charge in [0.15, 0.2) is 0 Å². The summed E-state index contributed by atoms with van der Waals surface area (Å²) < 4.78 is 0. The van der Waals surface area contributed by atoms with Crippen LogP contribution >= 0.6 is 11.6 Å². The molecule has 0 saturated carbocycles. The number of rotatable bonds is 0. The molecule has 1 aromatic carbocycles. The second-order valence-corrected chi connectivity index (χ2v) is 3.04. The van der Waals surface area contributed by atoms with Crippen LogP contribution in [0.4, 0.5) is 0 Å². The van der Waals surface area contributed by atoms with Crippen molar-refractivity contribution in [2.75, 3.05) is 0 Å². The first-order chi connectivity index (χ1) is 10.3. The molecule has 0 aliphatic carbocycles. The number of halogens is 1. The fourth-order valence-corrected chi connectivity index (χ4v) is 0.493. The Labute approximate surface area is 186 Å². The summed E-state index contributed by atoms with van der Waals surface area (Å²) in [4.78, 5) is 0. The molecule has 132 valence electrons. The molecule has 0 saturated heterocycles. The van der Waals surface area contributed by atoms with Gasteiger partial charge < -0.3 is 60.3 Å². The maximum absolute atomic E-state index is 7.17. The molecule has 0 amide bonds. The van der Waals surface area contributed by atoms with E-state index in [0.29, 0.717) is 0 Å². The molecule has 12 nitrogen and oxygen atoms in total. The Hall–Kier alpha value is 0.926. The maximum Gasteiger partial charge on any atom is 1.00 e. The Morgan fingerprint density at radius 1 is 0.583 bits per heavy atom. The first-order valence-electron chi connectivity index (χ1n) is 5.11. The average Bonchev–Trinajstić information content (AvgIpc) is 2.26. The summed E-state index contributed by atoms with van der Waals surface area (Å²) in [5, 5.41) is 86.8. The van der Waals surface area contributed by atoms with E-state index in [9.17, 15) is 0 Å². The fourth-order valence-electron chi connectivity index (χ4n) is 0.367. The molecule has 0 aromatic heterocycles. The van der Waals surface area contributed by atoms with Crippen molar-refractivity contribution in [2.24, 2.45) is 0 Å². The zero-order valence-corrected chi connectivity index (χ0v) is 16.2. The van der Waals surface area contributed by atoms with Gasteiger partial charge in [-0.15, -0.1) is 11.6 Å². The molecule has 12 N–H and O–H groups in total. The van der Waals surface area contributed by atoms with Gasteiger partial charge in [0.2, 0.25) is 0 Å². The first-order valence-corrected chi connectivity index (χ1v) is 5.49. The molecule has 0 unspecified atom stereocenters. The molecule has 0 spiro atoms. The minimum absolute atomic E-state index is 0. The van der Waals surface area contributed by atoms with Gasteiger partial charge in [-0.3, -0.25) is 0 Å². The topological polar surface area (TPSA) is 243 Å². The molecular formula is C6H16B4ClKO12. The fraction of sp³-hybridized carbons (Fsp3) is 0. The van der Waals surface area contributed by atoms with Crippen molar-refractivity contribution >= 4 is 40.9 Å². The molecule has 24 heavy (non-hydrogen) atoms. The van der Waals surface area contributed by atoms with Gasteiger partial charge in [-0.1, -0.05) is 5.02 Å². The third-order valence-corrected chi connectivity index (χ3v) is 0.930. The van der Waals surface area contributed by atoms with Crippen molar-refractivity contribution in [1.29, 1.82) is 0 Å². The van der Waals surface area contributed by atoms with Gasteiger partial charge in [0.1, 0.15) is 0 Å². The van der Waals surface area contributed by atoms with Crippen LogP contribution < -0.4 is 51.4 Å². The van der Waals surface area contributed by atoms with Gasteiger partial charge >= 0.3 is 80.7 Å². The van der Waals surface area contributed by atoms with E-state index in [4.69, 9.17) is 71.9 Å². The Kier molecular flexibility index (Phi) is 43.0. The summed E-state index contributed by atoms with van der Waals surface area (Å²) in [6.07, 6.45) is 0. The molecule has 0 atom stereocenters. The van der Waals surface area contributed by atoms with Crippen LogP contribution in [0.2, 0.25) is 5.02 Å². The smallest absolute Gasteiger partial charge is 0.402 e. The molecule has 0 heterocycles. The molecular weight excluding hydrogens is 382 g/mol. The molecule has 0 radical (unpaired) electrons. The van der Waals surface area contributed by atoms with E-state index in [1.54, 1.807) is 24.3 Å². The van der Waals surface area contributed by atoms with Gasteiger partial charge in [0, 0.05) is 0 Å². The number of hydrogen-bond donors (Lipinski definition) is 12. The summed E-state index contributed by atoms with van der Waals surface area (Å²) >= 11 is 5.52. The maximum atomic E-state index is 7.17. The van der Waals surface area contributed by atoms with E-state index in [0.717, 1.165) is 5.02 Å². The monoisotopic (exact) mass is 398 g/mol. The summed E-state index contributed by atoms with van der Waals surface area (Å²) in [7, 11) is -8.67. The zero-order chi connectivity index (χ0) is 19.4. The van der Waals surface area contributed by atoms with Crippen molar-refractivity contribution in [3.63, 3.8) is 0 Å². The minimum Gasteiger partial charge on any atom is -0.402 e. The predicted molar refractivity (Wildman–Crippen MR) is 79.9 cm³/mol. The van der Waals surface area contributed by atoms with Gasteiger partial charge in [-0.25, -0.2) is 0 Å². The SMILES string of the molecule is Clc1cc[c-]cc1.OB(O)O.OB(O)O.OB(O)O.OB(O)O.[K+]. The molecule has 1 rings (SSSR count). The molecule has 0 bridgehead atoms. The van der Waals surface area contributed by atoms with E-state index in [1.165, 1.54) is 0 Å². The minimum atomic E-state index is -2.17. The van der Waals surface area contributed by atoms with E-state index in [2.05, 4.69) is 6.07 Å². The zero-order valence-electron chi connectivity index (χ0n) is 12.4. The number of hydrogen-bond acceptors (Lipinski definition) is 12. The van der Waals surface area contributed by atoms with E-state index < -0.39 is 29.3 Å². The van der Waals surface area contributed by atoms with E-state index >= 15 is 0 Å². The van der Waals surface area contributed by atoms with Crippen LogP contribution in [0.3, 0.4) is 0 Å². The van der Waals surface area contributed by atoms with Crippen LogP contribution in [0.5, 0.6) is 0 Å². The predicted octanol–water partition coefficient (Wildman–Crippen LogP) is -9.06. The van der Waals surface area contributed by atoms with E-state index in [1.807, 2.05) is 0 Å². The van der Waals surface area contributed by atoms with Gasteiger partial charge in [-0.05, 0) is 0 Å². The van der Waals surface area contributed by atoms with Crippen LogP contribution in [0, 0.1) is 6.07 Å². The second kappa shape index (κ2) is 28.7. The molecule has 0 aliphatic heterocycles. The van der Waals surface area contributed by atoms with Crippen LogP contribution in [-0.4, -0.2) is 89.6 Å². The molecule has 18 heteroatoms. The van der Waals surface area contributed by atoms with Crippen LogP contribution in [0.1, 0.15) is 0 Å². The Morgan fingerprint density at radius 2 is 0.750 bits per heavy atom. The van der Waals surface area contributed by atoms with Crippen molar-refractivity contribution in [2.45, 2.75) is 0 Å². The first kappa shape index (κ1) is 35.9. The van der Waals surface area contributed by atoms with Gasteiger partial charge in [0.05, 0.1) is 0 Å². The standard InChI is InChI=1S/C6H4Cl.4BH3O3.K/c7-6-4-2-1-3-5-6;4*2-1(3)4;/h2-5H;4*2-4H;/q-1;;;;;+1. The van der Waals surface area contributed by atoms with Gasteiger partial charge in [0.25, 0.3) is 0 Å². The molecule has 1 aromatic rings. The number of benzene rings is 1. The summed E-state index contributed by atoms with van der Waals surface area (Å²) in [5.41, 5.74) is 0. The van der Waals surface area contributed by atoms with Crippen LogP contribution in [-0.2, 0) is 0 Å². The summed E-state index contributed by atoms with van der Waals surface area (Å²) in [6, 6.07) is 10.00. The van der Waals surface area contributed by atoms with Crippen molar-refractivity contribution < 1.29 is 112 Å². The van der Waals surface area contributed by atoms with Crippen molar-refractivity contribution in [3.05, 3.63) is 35.4 Å². The quantitative estimate of drug-likeness (QED) is 0.144. The van der Waals surface area contributed by atoms with E-state index in [-0.39, 0.29) is 51.4 Å². The molecule has 0 fully saturated rings. The third kappa shape index (κ3) is 138. The Morgan fingerprint density at radius 3 is 0.833 bits per heavy atom. The summed E-state index contributed by atoms with van der Waals surface area (Å²) in [5.74, 6) is 0.